The maximum absolute atomic E-state index is 6.56. The minimum absolute atomic E-state index is 0.151. The van der Waals surface area contributed by atoms with Crippen LogP contribution in [-0.2, 0) is 14.2 Å². The Hall–Kier alpha value is -0.120. The van der Waals surface area contributed by atoms with Gasteiger partial charge in [0, 0.05) is 0 Å². The van der Waals surface area contributed by atoms with Gasteiger partial charge in [-0.25, -0.2) is 0 Å². The summed E-state index contributed by atoms with van der Waals surface area (Å²) >= 11 is 0. The van der Waals surface area contributed by atoms with Gasteiger partial charge in [-0.15, -0.1) is 0 Å². The normalized spacial score (nSPS) is 30.0. The Morgan fingerprint density at radius 2 is 1.21 bits per heavy atom. The highest BCUT2D eigenvalue weighted by Gasteiger charge is 2.49. The van der Waals surface area contributed by atoms with Crippen LogP contribution in [0.1, 0.15) is 54.4 Å². The van der Waals surface area contributed by atoms with Crippen molar-refractivity contribution >= 4 is 0 Å². The van der Waals surface area contributed by atoms with E-state index in [9.17, 15) is 0 Å². The molecule has 2 rings (SSSR count). The van der Waals surface area contributed by atoms with Crippen molar-refractivity contribution in [3.8, 4) is 0 Å². The van der Waals surface area contributed by atoms with Gasteiger partial charge in [-0.1, -0.05) is 41.5 Å². The Morgan fingerprint density at radius 1 is 0.895 bits per heavy atom. The van der Waals surface area contributed by atoms with E-state index in [4.69, 9.17) is 14.2 Å². The van der Waals surface area contributed by atoms with Crippen LogP contribution in [0.3, 0.4) is 0 Å². The van der Waals surface area contributed by atoms with Crippen molar-refractivity contribution < 1.29 is 14.2 Å². The first-order chi connectivity index (χ1) is 8.81. The summed E-state index contributed by atoms with van der Waals surface area (Å²) in [5, 5.41) is 0. The molecule has 0 spiro atoms. The molecule has 0 aromatic carbocycles. The van der Waals surface area contributed by atoms with Crippen molar-refractivity contribution in [1.29, 1.82) is 0 Å². The molecule has 0 N–H and O–H groups in total. The highest BCUT2D eigenvalue weighted by molar-refractivity contribution is 4.96. The molecule has 112 valence electrons. The molecule has 2 fully saturated rings. The third-order valence-corrected chi connectivity index (χ3v) is 5.05. The van der Waals surface area contributed by atoms with Crippen LogP contribution in [0, 0.1) is 10.8 Å². The van der Waals surface area contributed by atoms with Gasteiger partial charge < -0.3 is 14.2 Å². The zero-order valence-corrected chi connectivity index (χ0v) is 13.4. The van der Waals surface area contributed by atoms with E-state index < -0.39 is 0 Å². The molecule has 0 aromatic heterocycles. The highest BCUT2D eigenvalue weighted by atomic mass is 16.6. The van der Waals surface area contributed by atoms with Gasteiger partial charge in [-0.3, -0.25) is 0 Å². The molecule has 3 nitrogen and oxygen atoms in total. The third kappa shape index (κ3) is 3.50. The third-order valence-electron chi connectivity index (χ3n) is 5.05. The first-order valence-corrected chi connectivity index (χ1v) is 7.70. The number of epoxide rings is 2. The Bertz CT molecular complexity index is 273. The van der Waals surface area contributed by atoms with E-state index in [-0.39, 0.29) is 35.2 Å². The summed E-state index contributed by atoms with van der Waals surface area (Å²) in [5.41, 5.74) is 0.302. The van der Waals surface area contributed by atoms with Crippen LogP contribution in [-0.4, -0.2) is 37.6 Å². The second-order valence-corrected chi connectivity index (χ2v) is 7.41. The van der Waals surface area contributed by atoms with Crippen LogP contribution < -0.4 is 0 Å². The van der Waals surface area contributed by atoms with E-state index in [0.717, 1.165) is 26.1 Å². The smallest absolute Gasteiger partial charge is 0.108 e. The van der Waals surface area contributed by atoms with Crippen molar-refractivity contribution in [2.75, 3.05) is 13.2 Å². The predicted octanol–water partition coefficient (Wildman–Crippen LogP) is 3.41. The molecule has 2 aliphatic rings. The average molecular weight is 270 g/mol. The van der Waals surface area contributed by atoms with Gasteiger partial charge in [0.2, 0.25) is 0 Å². The second kappa shape index (κ2) is 5.34. The molecule has 2 aliphatic heterocycles. The Morgan fingerprint density at radius 3 is 1.42 bits per heavy atom. The Labute approximate surface area is 118 Å². The van der Waals surface area contributed by atoms with Crippen LogP contribution in [0.5, 0.6) is 0 Å². The minimum atomic E-state index is 0.151. The molecular formula is C16H30O3. The fraction of sp³-hybridized carbons (Fsp3) is 1.00. The van der Waals surface area contributed by atoms with Gasteiger partial charge in [0.25, 0.3) is 0 Å². The van der Waals surface area contributed by atoms with Gasteiger partial charge in [0.15, 0.2) is 0 Å². The summed E-state index contributed by atoms with van der Waals surface area (Å²) in [6.45, 7) is 15.3. The average Bonchev–Trinajstić information content (AvgIpc) is 3.21. The lowest BCUT2D eigenvalue weighted by molar-refractivity contribution is -0.133. The molecule has 4 atom stereocenters. The SMILES string of the molecule is CCC(C)(C)C(OC(C1CO1)C(C)(C)CC)C1CO1. The zero-order valence-electron chi connectivity index (χ0n) is 13.4. The van der Waals surface area contributed by atoms with Crippen LogP contribution in [0.4, 0.5) is 0 Å². The first kappa shape index (κ1) is 15.3. The van der Waals surface area contributed by atoms with Crippen molar-refractivity contribution in [3.05, 3.63) is 0 Å². The maximum atomic E-state index is 6.56. The molecule has 0 amide bonds. The second-order valence-electron chi connectivity index (χ2n) is 7.41. The summed E-state index contributed by atoms with van der Waals surface area (Å²) < 4.78 is 17.6. The lowest BCUT2D eigenvalue weighted by Crippen LogP contribution is -2.46. The largest absolute Gasteiger partial charge is 0.370 e. The van der Waals surface area contributed by atoms with Gasteiger partial charge in [0.1, 0.15) is 12.2 Å². The molecule has 2 heterocycles. The molecule has 0 bridgehead atoms. The number of hydrogen-bond donors (Lipinski definition) is 0. The molecule has 3 heteroatoms. The number of hydrogen-bond acceptors (Lipinski definition) is 3. The topological polar surface area (TPSA) is 34.3 Å². The van der Waals surface area contributed by atoms with Gasteiger partial charge in [0.05, 0.1) is 25.4 Å². The zero-order chi connectivity index (χ0) is 14.3. The van der Waals surface area contributed by atoms with Gasteiger partial charge in [-0.05, 0) is 23.7 Å². The first-order valence-electron chi connectivity index (χ1n) is 7.70. The van der Waals surface area contributed by atoms with Crippen LogP contribution in [0.2, 0.25) is 0 Å². The van der Waals surface area contributed by atoms with Crippen molar-refractivity contribution in [3.63, 3.8) is 0 Å². The number of rotatable bonds is 8. The summed E-state index contributed by atoms with van der Waals surface area (Å²) in [6.07, 6.45) is 3.12. The van der Waals surface area contributed by atoms with E-state index in [1.54, 1.807) is 0 Å². The summed E-state index contributed by atoms with van der Waals surface area (Å²) in [7, 11) is 0. The van der Waals surface area contributed by atoms with Crippen molar-refractivity contribution in [2.45, 2.75) is 78.8 Å². The van der Waals surface area contributed by atoms with E-state index in [1.807, 2.05) is 0 Å². The van der Waals surface area contributed by atoms with E-state index in [2.05, 4.69) is 41.5 Å². The predicted molar refractivity (Wildman–Crippen MR) is 76.3 cm³/mol. The van der Waals surface area contributed by atoms with E-state index in [0.29, 0.717) is 0 Å². The molecule has 0 radical (unpaired) electrons. The van der Waals surface area contributed by atoms with Gasteiger partial charge >= 0.3 is 0 Å². The fourth-order valence-corrected chi connectivity index (χ4v) is 2.57. The van der Waals surface area contributed by atoms with Crippen molar-refractivity contribution in [2.24, 2.45) is 10.8 Å². The Kier molecular flexibility index (Phi) is 4.29. The monoisotopic (exact) mass is 270 g/mol. The summed E-state index contributed by atoms with van der Waals surface area (Å²) in [5.74, 6) is 0. The van der Waals surface area contributed by atoms with Gasteiger partial charge in [-0.2, -0.15) is 0 Å². The molecule has 0 aromatic rings. The lowest BCUT2D eigenvalue weighted by atomic mass is 9.79. The van der Waals surface area contributed by atoms with Crippen LogP contribution >= 0.6 is 0 Å². The van der Waals surface area contributed by atoms with E-state index >= 15 is 0 Å². The highest BCUT2D eigenvalue weighted by Crippen LogP contribution is 2.42. The minimum Gasteiger partial charge on any atom is -0.370 e. The molecule has 2 saturated heterocycles. The Balaban J connectivity index is 2.10. The molecule has 4 unspecified atom stereocenters. The number of ether oxygens (including phenoxy) is 3. The van der Waals surface area contributed by atoms with Crippen LogP contribution in [0.15, 0.2) is 0 Å². The quantitative estimate of drug-likeness (QED) is 0.634. The van der Waals surface area contributed by atoms with Crippen molar-refractivity contribution in [1.82, 2.24) is 0 Å². The molecule has 0 aliphatic carbocycles. The lowest BCUT2D eigenvalue weighted by Gasteiger charge is -2.40. The standard InChI is InChI=1S/C16H30O3/c1-7-15(3,4)13(11-9-17-11)19-14(12-10-18-12)16(5,6)8-2/h11-14H,7-10H2,1-6H3. The molecule has 19 heavy (non-hydrogen) atoms. The van der Waals surface area contributed by atoms with E-state index in [1.165, 1.54) is 0 Å². The van der Waals surface area contributed by atoms with Crippen LogP contribution in [0.25, 0.3) is 0 Å². The summed E-state index contributed by atoms with van der Waals surface area (Å²) in [4.78, 5) is 0. The fourth-order valence-electron chi connectivity index (χ4n) is 2.57. The molecule has 0 saturated carbocycles. The summed E-state index contributed by atoms with van der Waals surface area (Å²) in [6, 6.07) is 0. The maximum Gasteiger partial charge on any atom is 0.108 e. The molecular weight excluding hydrogens is 240 g/mol.